The Hall–Kier alpha value is -2.28. The van der Waals surface area contributed by atoms with Gasteiger partial charge in [0.1, 0.15) is 5.56 Å². The van der Waals surface area contributed by atoms with Crippen LogP contribution in [0, 0.1) is 17.0 Å². The van der Waals surface area contributed by atoms with Crippen molar-refractivity contribution in [2.24, 2.45) is 5.73 Å². The summed E-state index contributed by atoms with van der Waals surface area (Å²) in [6.45, 7) is 1.76. The highest BCUT2D eigenvalue weighted by Crippen LogP contribution is 2.31. The average Bonchev–Trinajstić information content (AvgIpc) is 2.76. The summed E-state index contributed by atoms with van der Waals surface area (Å²) < 4.78 is 5.21. The van der Waals surface area contributed by atoms with Crippen LogP contribution in [-0.4, -0.2) is 15.1 Å². The van der Waals surface area contributed by atoms with Gasteiger partial charge in [0.2, 0.25) is 5.89 Å². The first-order chi connectivity index (χ1) is 8.13. The van der Waals surface area contributed by atoms with Gasteiger partial charge in [0.25, 0.3) is 11.6 Å². The van der Waals surface area contributed by atoms with Crippen LogP contribution in [0.15, 0.2) is 22.6 Å². The van der Waals surface area contributed by atoms with Crippen LogP contribution in [0.5, 0.6) is 0 Å². The molecule has 0 aliphatic rings. The molecule has 0 saturated heterocycles. The number of benzene rings is 1. The lowest BCUT2D eigenvalue weighted by molar-refractivity contribution is -0.384. The predicted molar refractivity (Wildman–Crippen MR) is 59.0 cm³/mol. The number of hydrogen-bond acceptors (Lipinski definition) is 6. The number of nitrogens with two attached hydrogens (primary N) is 1. The average molecular weight is 234 g/mol. The monoisotopic (exact) mass is 234 g/mol. The molecule has 2 aromatic rings. The van der Waals surface area contributed by atoms with Gasteiger partial charge in [0, 0.05) is 5.56 Å². The second kappa shape index (κ2) is 4.30. The van der Waals surface area contributed by atoms with Gasteiger partial charge in [-0.2, -0.15) is 0 Å². The van der Waals surface area contributed by atoms with Crippen LogP contribution in [0.25, 0.3) is 11.5 Å². The molecule has 2 N–H and O–H groups in total. The molecular weight excluding hydrogens is 224 g/mol. The van der Waals surface area contributed by atoms with Crippen molar-refractivity contribution >= 4 is 5.69 Å². The lowest BCUT2D eigenvalue weighted by Gasteiger charge is -2.00. The maximum absolute atomic E-state index is 11.0. The van der Waals surface area contributed by atoms with Gasteiger partial charge in [-0.15, -0.1) is 10.2 Å². The highest BCUT2D eigenvalue weighted by atomic mass is 16.6. The van der Waals surface area contributed by atoms with Gasteiger partial charge in [0.15, 0.2) is 0 Å². The molecule has 2 rings (SSSR count). The Morgan fingerprint density at radius 1 is 1.47 bits per heavy atom. The SMILES string of the molecule is Cc1cccc(-c2nnc(CN)o2)c1[N+](=O)[O-]. The van der Waals surface area contributed by atoms with E-state index in [2.05, 4.69) is 10.2 Å². The molecule has 0 atom stereocenters. The van der Waals surface area contributed by atoms with Crippen LogP contribution < -0.4 is 5.73 Å². The second-order valence-corrected chi connectivity index (χ2v) is 3.43. The Bertz CT molecular complexity index is 564. The van der Waals surface area contributed by atoms with Gasteiger partial charge >= 0.3 is 0 Å². The molecule has 1 aromatic carbocycles. The smallest absolute Gasteiger partial charge is 0.284 e. The fourth-order valence-corrected chi connectivity index (χ4v) is 1.52. The number of aryl methyl sites for hydroxylation is 1. The summed E-state index contributed by atoms with van der Waals surface area (Å²) in [6, 6.07) is 4.92. The van der Waals surface area contributed by atoms with E-state index in [-0.39, 0.29) is 24.0 Å². The van der Waals surface area contributed by atoms with Gasteiger partial charge in [-0.05, 0) is 13.0 Å². The maximum atomic E-state index is 11.0. The van der Waals surface area contributed by atoms with E-state index >= 15 is 0 Å². The largest absolute Gasteiger partial charge is 0.419 e. The van der Waals surface area contributed by atoms with E-state index in [0.29, 0.717) is 11.1 Å². The molecule has 0 aliphatic carbocycles. The van der Waals surface area contributed by atoms with Crippen molar-refractivity contribution < 1.29 is 9.34 Å². The first kappa shape index (κ1) is 11.2. The summed E-state index contributed by atoms with van der Waals surface area (Å²) >= 11 is 0. The Morgan fingerprint density at radius 3 is 2.82 bits per heavy atom. The van der Waals surface area contributed by atoms with Crippen LogP contribution in [0.4, 0.5) is 5.69 Å². The van der Waals surface area contributed by atoms with Crippen molar-refractivity contribution in [2.45, 2.75) is 13.5 Å². The van der Waals surface area contributed by atoms with E-state index in [1.807, 2.05) is 0 Å². The van der Waals surface area contributed by atoms with Crippen LogP contribution in [-0.2, 0) is 6.54 Å². The van der Waals surface area contributed by atoms with Crippen molar-refractivity contribution in [3.8, 4) is 11.5 Å². The molecule has 0 spiro atoms. The van der Waals surface area contributed by atoms with Crippen LogP contribution in [0.3, 0.4) is 0 Å². The molecule has 0 amide bonds. The number of hydrogen-bond donors (Lipinski definition) is 1. The normalized spacial score (nSPS) is 10.5. The highest BCUT2D eigenvalue weighted by molar-refractivity contribution is 5.69. The predicted octanol–water partition coefficient (Wildman–Crippen LogP) is 1.41. The number of rotatable bonds is 3. The van der Waals surface area contributed by atoms with Gasteiger partial charge in [0.05, 0.1) is 11.5 Å². The van der Waals surface area contributed by atoms with Gasteiger partial charge in [-0.3, -0.25) is 10.1 Å². The molecule has 7 heteroatoms. The minimum Gasteiger partial charge on any atom is -0.419 e. The van der Waals surface area contributed by atoms with Crippen LogP contribution in [0.1, 0.15) is 11.5 Å². The number of nitrogens with zero attached hydrogens (tertiary/aromatic N) is 3. The molecule has 17 heavy (non-hydrogen) atoms. The Balaban J connectivity index is 2.58. The molecule has 0 aliphatic heterocycles. The summed E-state index contributed by atoms with van der Waals surface area (Å²) in [6.07, 6.45) is 0. The molecule has 1 aromatic heterocycles. The summed E-state index contributed by atoms with van der Waals surface area (Å²) in [5.74, 6) is 0.358. The van der Waals surface area contributed by atoms with Crippen molar-refractivity contribution in [3.63, 3.8) is 0 Å². The molecule has 0 unspecified atom stereocenters. The molecule has 7 nitrogen and oxygen atoms in total. The third-order valence-corrected chi connectivity index (χ3v) is 2.29. The Labute approximate surface area is 96.4 Å². The lowest BCUT2D eigenvalue weighted by atomic mass is 10.1. The van der Waals surface area contributed by atoms with E-state index in [1.54, 1.807) is 25.1 Å². The third-order valence-electron chi connectivity index (χ3n) is 2.29. The zero-order valence-corrected chi connectivity index (χ0v) is 9.08. The van der Waals surface area contributed by atoms with Gasteiger partial charge < -0.3 is 10.2 Å². The maximum Gasteiger partial charge on any atom is 0.284 e. The molecule has 88 valence electrons. The first-order valence-corrected chi connectivity index (χ1v) is 4.90. The van der Waals surface area contributed by atoms with E-state index in [9.17, 15) is 10.1 Å². The minimum absolute atomic E-state index is 0.0280. The van der Waals surface area contributed by atoms with Crippen molar-refractivity contribution in [2.75, 3.05) is 0 Å². The Kier molecular flexibility index (Phi) is 2.84. The molecule has 0 bridgehead atoms. The summed E-state index contributed by atoms with van der Waals surface area (Å²) in [4.78, 5) is 10.5. The zero-order chi connectivity index (χ0) is 12.4. The Morgan fingerprint density at radius 2 is 2.24 bits per heavy atom. The van der Waals surface area contributed by atoms with Crippen molar-refractivity contribution in [3.05, 3.63) is 39.8 Å². The van der Waals surface area contributed by atoms with E-state index in [1.165, 1.54) is 0 Å². The van der Waals surface area contributed by atoms with Crippen molar-refractivity contribution in [1.82, 2.24) is 10.2 Å². The fraction of sp³-hybridized carbons (Fsp3) is 0.200. The third kappa shape index (κ3) is 2.00. The molecule has 1 heterocycles. The standard InChI is InChI=1S/C10H10N4O3/c1-6-3-2-4-7(9(6)14(15)16)10-13-12-8(5-11)17-10/h2-4H,5,11H2,1H3. The molecule has 0 radical (unpaired) electrons. The lowest BCUT2D eigenvalue weighted by Crippen LogP contribution is -1.95. The zero-order valence-electron chi connectivity index (χ0n) is 9.08. The molecule has 0 saturated carbocycles. The number of nitro groups is 1. The quantitative estimate of drug-likeness (QED) is 0.635. The molecular formula is C10H10N4O3. The summed E-state index contributed by atoms with van der Waals surface area (Å²) in [5, 5.41) is 18.4. The number of nitro benzene ring substituents is 1. The summed E-state index contributed by atoms with van der Waals surface area (Å²) in [5.41, 5.74) is 6.16. The summed E-state index contributed by atoms with van der Waals surface area (Å²) in [7, 11) is 0. The van der Waals surface area contributed by atoms with Crippen LogP contribution in [0.2, 0.25) is 0 Å². The topological polar surface area (TPSA) is 108 Å². The second-order valence-electron chi connectivity index (χ2n) is 3.43. The van der Waals surface area contributed by atoms with E-state index in [4.69, 9.17) is 10.2 Å². The number of aromatic nitrogens is 2. The van der Waals surface area contributed by atoms with Crippen molar-refractivity contribution in [1.29, 1.82) is 0 Å². The van der Waals surface area contributed by atoms with Crippen LogP contribution >= 0.6 is 0 Å². The molecule has 0 fully saturated rings. The fourth-order valence-electron chi connectivity index (χ4n) is 1.52. The number of para-hydroxylation sites is 1. The minimum atomic E-state index is -0.461. The van der Waals surface area contributed by atoms with Gasteiger partial charge in [-0.1, -0.05) is 12.1 Å². The van der Waals surface area contributed by atoms with E-state index < -0.39 is 4.92 Å². The van der Waals surface area contributed by atoms with E-state index in [0.717, 1.165) is 0 Å². The highest BCUT2D eigenvalue weighted by Gasteiger charge is 2.22. The van der Waals surface area contributed by atoms with Gasteiger partial charge in [-0.25, -0.2) is 0 Å². The first-order valence-electron chi connectivity index (χ1n) is 4.90.